The molecule has 1 aromatic heterocycles. The van der Waals surface area contributed by atoms with Gasteiger partial charge in [-0.3, -0.25) is 9.59 Å². The summed E-state index contributed by atoms with van der Waals surface area (Å²) < 4.78 is 14.2. The van der Waals surface area contributed by atoms with Crippen LogP contribution in [-0.2, 0) is 17.8 Å². The van der Waals surface area contributed by atoms with Crippen molar-refractivity contribution in [2.24, 2.45) is 0 Å². The van der Waals surface area contributed by atoms with Gasteiger partial charge in [0.2, 0.25) is 5.91 Å². The van der Waals surface area contributed by atoms with Crippen molar-refractivity contribution in [1.29, 1.82) is 0 Å². The Hall–Kier alpha value is -3.28. The largest absolute Gasteiger partial charge is 0.354 e. The summed E-state index contributed by atoms with van der Waals surface area (Å²) in [4.78, 5) is 23.9. The molecule has 3 rings (SSSR count). The van der Waals surface area contributed by atoms with Crippen LogP contribution in [0.25, 0.3) is 11.3 Å². The molecule has 5 nitrogen and oxygen atoms in total. The van der Waals surface area contributed by atoms with Crippen LogP contribution in [0.3, 0.4) is 0 Å². The molecule has 0 bridgehead atoms. The molecule has 0 aliphatic carbocycles. The van der Waals surface area contributed by atoms with Gasteiger partial charge in [0.05, 0.1) is 18.7 Å². The number of halogens is 1. The van der Waals surface area contributed by atoms with Crippen molar-refractivity contribution in [2.45, 2.75) is 13.0 Å². The van der Waals surface area contributed by atoms with E-state index >= 15 is 0 Å². The SMILES string of the molecule is O=C(Cc1ccc(F)cc1)NCCn1nc(-c2ccccc2)ccc1=O. The van der Waals surface area contributed by atoms with E-state index in [1.54, 1.807) is 18.2 Å². The molecule has 6 heteroatoms. The van der Waals surface area contributed by atoms with Gasteiger partial charge in [0.1, 0.15) is 5.82 Å². The van der Waals surface area contributed by atoms with Crippen LogP contribution >= 0.6 is 0 Å². The molecule has 0 aliphatic rings. The molecule has 1 N–H and O–H groups in total. The third-order valence-corrected chi connectivity index (χ3v) is 3.86. The summed E-state index contributed by atoms with van der Waals surface area (Å²) in [7, 11) is 0. The molecule has 0 saturated heterocycles. The number of hydrogen-bond donors (Lipinski definition) is 1. The van der Waals surface area contributed by atoms with Crippen LogP contribution in [0.1, 0.15) is 5.56 Å². The highest BCUT2D eigenvalue weighted by Gasteiger charge is 2.06. The van der Waals surface area contributed by atoms with Crippen LogP contribution in [0, 0.1) is 5.82 Å². The molecule has 0 radical (unpaired) electrons. The molecule has 0 atom stereocenters. The van der Waals surface area contributed by atoms with Gasteiger partial charge in [-0.2, -0.15) is 5.10 Å². The van der Waals surface area contributed by atoms with Gasteiger partial charge in [-0.25, -0.2) is 9.07 Å². The summed E-state index contributed by atoms with van der Waals surface area (Å²) in [6, 6.07) is 18.5. The number of carbonyl (C=O) groups excluding carboxylic acids is 1. The minimum atomic E-state index is -0.335. The van der Waals surface area contributed by atoms with Gasteiger partial charge < -0.3 is 5.32 Å². The molecule has 0 unspecified atom stereocenters. The number of carbonyl (C=O) groups is 1. The number of amides is 1. The number of nitrogens with one attached hydrogen (secondary N) is 1. The van der Waals surface area contributed by atoms with Crippen molar-refractivity contribution in [2.75, 3.05) is 6.54 Å². The van der Waals surface area contributed by atoms with Gasteiger partial charge in [0, 0.05) is 18.2 Å². The third-order valence-electron chi connectivity index (χ3n) is 3.86. The van der Waals surface area contributed by atoms with Gasteiger partial charge in [0.15, 0.2) is 0 Å². The number of hydrogen-bond acceptors (Lipinski definition) is 3. The van der Waals surface area contributed by atoms with Gasteiger partial charge >= 0.3 is 0 Å². The Morgan fingerprint density at radius 2 is 1.73 bits per heavy atom. The fourth-order valence-electron chi connectivity index (χ4n) is 2.52. The molecule has 26 heavy (non-hydrogen) atoms. The normalized spacial score (nSPS) is 10.5. The average molecular weight is 351 g/mol. The molecule has 2 aromatic carbocycles. The van der Waals surface area contributed by atoms with Gasteiger partial charge in [-0.05, 0) is 23.8 Å². The van der Waals surface area contributed by atoms with E-state index in [1.807, 2.05) is 30.3 Å². The maximum atomic E-state index is 12.9. The van der Waals surface area contributed by atoms with E-state index in [0.29, 0.717) is 5.69 Å². The Morgan fingerprint density at radius 3 is 2.46 bits per heavy atom. The summed E-state index contributed by atoms with van der Waals surface area (Å²) in [6.45, 7) is 0.555. The minimum absolute atomic E-state index is 0.159. The molecule has 0 saturated carbocycles. The highest BCUT2D eigenvalue weighted by Crippen LogP contribution is 2.13. The molecule has 1 amide bonds. The first-order chi connectivity index (χ1) is 12.6. The zero-order valence-electron chi connectivity index (χ0n) is 14.1. The topological polar surface area (TPSA) is 64.0 Å². The molecule has 3 aromatic rings. The number of nitrogens with zero attached hydrogens (tertiary/aromatic N) is 2. The molecule has 0 fully saturated rings. The standard InChI is InChI=1S/C20H18FN3O2/c21-17-8-6-15(7-9-17)14-19(25)22-12-13-24-20(26)11-10-18(23-24)16-4-2-1-3-5-16/h1-11H,12-14H2,(H,22,25). The van der Waals surface area contributed by atoms with Gasteiger partial charge in [0.25, 0.3) is 5.56 Å². The second-order valence-electron chi connectivity index (χ2n) is 5.80. The lowest BCUT2D eigenvalue weighted by Gasteiger charge is -2.09. The Balaban J connectivity index is 1.58. The average Bonchev–Trinajstić information content (AvgIpc) is 2.66. The van der Waals surface area contributed by atoms with Crippen molar-refractivity contribution in [3.8, 4) is 11.3 Å². The van der Waals surface area contributed by atoms with E-state index in [4.69, 9.17) is 0 Å². The third kappa shape index (κ3) is 4.63. The summed E-state index contributed by atoms with van der Waals surface area (Å²) in [5.74, 6) is -0.526. The lowest BCUT2D eigenvalue weighted by Crippen LogP contribution is -2.32. The fourth-order valence-corrected chi connectivity index (χ4v) is 2.52. The van der Waals surface area contributed by atoms with Gasteiger partial charge in [-0.15, -0.1) is 0 Å². The first-order valence-corrected chi connectivity index (χ1v) is 8.26. The molecule has 132 valence electrons. The van der Waals surface area contributed by atoms with Crippen molar-refractivity contribution in [3.63, 3.8) is 0 Å². The van der Waals surface area contributed by atoms with Crippen LogP contribution in [0.5, 0.6) is 0 Å². The van der Waals surface area contributed by atoms with E-state index in [-0.39, 0.29) is 36.8 Å². The van der Waals surface area contributed by atoms with Crippen LogP contribution in [0.4, 0.5) is 4.39 Å². The highest BCUT2D eigenvalue weighted by molar-refractivity contribution is 5.78. The second-order valence-corrected chi connectivity index (χ2v) is 5.80. The first kappa shape index (κ1) is 17.5. The number of benzene rings is 2. The number of rotatable bonds is 6. The predicted octanol–water partition coefficient (Wildman–Crippen LogP) is 2.41. The minimum Gasteiger partial charge on any atom is -0.354 e. The van der Waals surface area contributed by atoms with Crippen molar-refractivity contribution < 1.29 is 9.18 Å². The van der Waals surface area contributed by atoms with Crippen molar-refractivity contribution in [3.05, 3.63) is 88.5 Å². The lowest BCUT2D eigenvalue weighted by atomic mass is 10.1. The Morgan fingerprint density at radius 1 is 1.00 bits per heavy atom. The highest BCUT2D eigenvalue weighted by atomic mass is 19.1. The molecule has 1 heterocycles. The quantitative estimate of drug-likeness (QED) is 0.742. The van der Waals surface area contributed by atoms with Crippen LogP contribution in [0.15, 0.2) is 71.5 Å². The summed E-state index contributed by atoms with van der Waals surface area (Å²) in [5, 5.41) is 7.09. The fraction of sp³-hybridized carbons (Fsp3) is 0.150. The zero-order valence-corrected chi connectivity index (χ0v) is 14.1. The van der Waals surface area contributed by atoms with Gasteiger partial charge in [-0.1, -0.05) is 42.5 Å². The molecule has 0 aliphatic heterocycles. The Kier molecular flexibility index (Phi) is 5.53. The maximum absolute atomic E-state index is 12.9. The summed E-state index contributed by atoms with van der Waals surface area (Å²) >= 11 is 0. The van der Waals surface area contributed by atoms with Crippen molar-refractivity contribution in [1.82, 2.24) is 15.1 Å². The van der Waals surface area contributed by atoms with Crippen LogP contribution < -0.4 is 10.9 Å². The Labute approximate surface area is 150 Å². The zero-order chi connectivity index (χ0) is 18.4. The summed E-state index contributed by atoms with van der Waals surface area (Å²) in [6.07, 6.45) is 0.159. The van der Waals surface area contributed by atoms with E-state index < -0.39 is 0 Å². The van der Waals surface area contributed by atoms with E-state index in [9.17, 15) is 14.0 Å². The van der Waals surface area contributed by atoms with E-state index in [1.165, 1.54) is 22.9 Å². The summed E-state index contributed by atoms with van der Waals surface area (Å²) in [5.41, 5.74) is 2.12. The van der Waals surface area contributed by atoms with Crippen molar-refractivity contribution >= 4 is 5.91 Å². The van der Waals surface area contributed by atoms with E-state index in [2.05, 4.69) is 10.4 Å². The molecule has 0 spiro atoms. The monoisotopic (exact) mass is 351 g/mol. The maximum Gasteiger partial charge on any atom is 0.266 e. The van der Waals surface area contributed by atoms with E-state index in [0.717, 1.165) is 11.1 Å². The smallest absolute Gasteiger partial charge is 0.266 e. The van der Waals surface area contributed by atoms with Crippen LogP contribution in [-0.4, -0.2) is 22.2 Å². The Bertz CT molecular complexity index is 937. The molecular weight excluding hydrogens is 333 g/mol. The van der Waals surface area contributed by atoms with Crippen LogP contribution in [0.2, 0.25) is 0 Å². The molecular formula is C20H18FN3O2. The first-order valence-electron chi connectivity index (χ1n) is 8.26. The predicted molar refractivity (Wildman–Crippen MR) is 97.0 cm³/mol. The lowest BCUT2D eigenvalue weighted by molar-refractivity contribution is -0.120. The number of aromatic nitrogens is 2. The second kappa shape index (κ2) is 8.20.